The molecule has 1 aliphatic rings. The quantitative estimate of drug-likeness (QED) is 0.635. The Bertz CT molecular complexity index is 140. The molecule has 0 bridgehead atoms. The van der Waals surface area contributed by atoms with Gasteiger partial charge in [0.1, 0.15) is 0 Å². The van der Waals surface area contributed by atoms with Crippen molar-refractivity contribution in [3.63, 3.8) is 0 Å². The van der Waals surface area contributed by atoms with Crippen LogP contribution in [-0.4, -0.2) is 24.5 Å². The number of rotatable bonds is 2. The van der Waals surface area contributed by atoms with Crippen LogP contribution >= 0.6 is 0 Å². The van der Waals surface area contributed by atoms with E-state index in [1.165, 1.54) is 38.9 Å². The van der Waals surface area contributed by atoms with Crippen LogP contribution < -0.4 is 0 Å². The summed E-state index contributed by atoms with van der Waals surface area (Å²) >= 11 is 0. The molecule has 1 fully saturated rings. The third-order valence-corrected chi connectivity index (χ3v) is 3.46. The van der Waals surface area contributed by atoms with E-state index in [0.29, 0.717) is 5.41 Å². The standard InChI is InChI=1S/C12H25N/c1-11(12(2,3)4)10-13-8-6-5-7-9-13/h11H,5-10H2,1-4H3/t11-/m1/s1. The summed E-state index contributed by atoms with van der Waals surface area (Å²) in [5.74, 6) is 0.811. The highest BCUT2D eigenvalue weighted by molar-refractivity contribution is 4.75. The first kappa shape index (κ1) is 11.0. The lowest BCUT2D eigenvalue weighted by Crippen LogP contribution is -2.37. The molecule has 1 heterocycles. The lowest BCUT2D eigenvalue weighted by molar-refractivity contribution is 0.143. The summed E-state index contributed by atoms with van der Waals surface area (Å²) < 4.78 is 0. The third kappa shape index (κ3) is 3.68. The molecule has 0 aromatic rings. The Labute approximate surface area is 83.5 Å². The molecule has 1 rings (SSSR count). The Morgan fingerprint density at radius 2 is 1.62 bits per heavy atom. The normalized spacial score (nSPS) is 23.1. The summed E-state index contributed by atoms with van der Waals surface area (Å²) in [6.45, 7) is 13.4. The molecule has 0 aliphatic carbocycles. The van der Waals surface area contributed by atoms with Crippen molar-refractivity contribution in [3.05, 3.63) is 0 Å². The minimum absolute atomic E-state index is 0.470. The molecule has 0 radical (unpaired) electrons. The van der Waals surface area contributed by atoms with Gasteiger partial charge in [0, 0.05) is 6.54 Å². The van der Waals surface area contributed by atoms with Gasteiger partial charge in [0.25, 0.3) is 0 Å². The molecule has 1 heteroatoms. The van der Waals surface area contributed by atoms with Crippen LogP contribution in [0.5, 0.6) is 0 Å². The van der Waals surface area contributed by atoms with Crippen LogP contribution in [0.25, 0.3) is 0 Å². The fourth-order valence-electron chi connectivity index (χ4n) is 1.80. The second-order valence-electron chi connectivity index (χ2n) is 5.63. The molecule has 1 nitrogen and oxygen atoms in total. The highest BCUT2D eigenvalue weighted by atomic mass is 15.1. The second-order valence-corrected chi connectivity index (χ2v) is 5.63. The lowest BCUT2D eigenvalue weighted by atomic mass is 9.81. The molecular formula is C12H25N. The summed E-state index contributed by atoms with van der Waals surface area (Å²) in [5, 5.41) is 0. The Hall–Kier alpha value is -0.0400. The predicted molar refractivity (Wildman–Crippen MR) is 58.9 cm³/mol. The number of piperidine rings is 1. The first-order chi connectivity index (χ1) is 6.00. The number of nitrogens with zero attached hydrogens (tertiary/aromatic N) is 1. The van der Waals surface area contributed by atoms with E-state index in [0.717, 1.165) is 5.92 Å². The number of hydrogen-bond donors (Lipinski definition) is 0. The van der Waals surface area contributed by atoms with E-state index < -0.39 is 0 Å². The van der Waals surface area contributed by atoms with Gasteiger partial charge in [0.05, 0.1) is 0 Å². The first-order valence-electron chi connectivity index (χ1n) is 5.72. The lowest BCUT2D eigenvalue weighted by Gasteiger charge is -2.34. The van der Waals surface area contributed by atoms with Gasteiger partial charge in [-0.15, -0.1) is 0 Å². The summed E-state index contributed by atoms with van der Waals surface area (Å²) in [5.41, 5.74) is 0.470. The molecule has 0 saturated carbocycles. The van der Waals surface area contributed by atoms with Gasteiger partial charge in [-0.25, -0.2) is 0 Å². The summed E-state index contributed by atoms with van der Waals surface area (Å²) in [4.78, 5) is 2.64. The molecule has 0 aromatic heterocycles. The van der Waals surface area contributed by atoms with E-state index in [1.54, 1.807) is 0 Å². The van der Waals surface area contributed by atoms with Crippen LogP contribution in [0.3, 0.4) is 0 Å². The van der Waals surface area contributed by atoms with E-state index in [1.807, 2.05) is 0 Å². The minimum atomic E-state index is 0.470. The second kappa shape index (κ2) is 4.45. The Balaban J connectivity index is 2.30. The molecule has 0 N–H and O–H groups in total. The average Bonchev–Trinajstić information content (AvgIpc) is 2.04. The zero-order valence-corrected chi connectivity index (χ0v) is 9.77. The molecule has 1 saturated heterocycles. The van der Waals surface area contributed by atoms with Crippen molar-refractivity contribution in [1.29, 1.82) is 0 Å². The van der Waals surface area contributed by atoms with Crippen molar-refractivity contribution in [2.45, 2.75) is 47.0 Å². The Kier molecular flexibility index (Phi) is 3.78. The highest BCUT2D eigenvalue weighted by Crippen LogP contribution is 2.26. The van der Waals surface area contributed by atoms with Crippen molar-refractivity contribution < 1.29 is 0 Å². The van der Waals surface area contributed by atoms with Gasteiger partial charge in [-0.1, -0.05) is 34.1 Å². The zero-order chi connectivity index (χ0) is 9.90. The van der Waals surface area contributed by atoms with E-state index in [2.05, 4.69) is 32.6 Å². The highest BCUT2D eigenvalue weighted by Gasteiger charge is 2.22. The molecule has 0 aromatic carbocycles. The maximum atomic E-state index is 2.64. The summed E-state index contributed by atoms with van der Waals surface area (Å²) in [7, 11) is 0. The van der Waals surface area contributed by atoms with Crippen molar-refractivity contribution in [2.75, 3.05) is 19.6 Å². The topological polar surface area (TPSA) is 3.24 Å². The van der Waals surface area contributed by atoms with Crippen LogP contribution in [-0.2, 0) is 0 Å². The maximum absolute atomic E-state index is 2.64. The van der Waals surface area contributed by atoms with E-state index in [-0.39, 0.29) is 0 Å². The van der Waals surface area contributed by atoms with Crippen LogP contribution in [0.1, 0.15) is 47.0 Å². The Morgan fingerprint density at radius 3 is 2.08 bits per heavy atom. The van der Waals surface area contributed by atoms with Crippen molar-refractivity contribution in [3.8, 4) is 0 Å². The van der Waals surface area contributed by atoms with Crippen molar-refractivity contribution in [1.82, 2.24) is 4.90 Å². The molecule has 13 heavy (non-hydrogen) atoms. The van der Waals surface area contributed by atoms with Gasteiger partial charge in [0.2, 0.25) is 0 Å². The van der Waals surface area contributed by atoms with Crippen molar-refractivity contribution in [2.24, 2.45) is 11.3 Å². The van der Waals surface area contributed by atoms with Gasteiger partial charge in [-0.3, -0.25) is 0 Å². The summed E-state index contributed by atoms with van der Waals surface area (Å²) in [6, 6.07) is 0. The monoisotopic (exact) mass is 183 g/mol. The van der Waals surface area contributed by atoms with E-state index >= 15 is 0 Å². The molecule has 1 atom stereocenters. The Morgan fingerprint density at radius 1 is 1.08 bits per heavy atom. The third-order valence-electron chi connectivity index (χ3n) is 3.46. The van der Waals surface area contributed by atoms with E-state index in [9.17, 15) is 0 Å². The average molecular weight is 183 g/mol. The molecular weight excluding hydrogens is 158 g/mol. The largest absolute Gasteiger partial charge is 0.303 e. The molecule has 0 amide bonds. The van der Waals surface area contributed by atoms with Crippen LogP contribution in [0.2, 0.25) is 0 Å². The predicted octanol–water partition coefficient (Wildman–Crippen LogP) is 3.15. The minimum Gasteiger partial charge on any atom is -0.303 e. The van der Waals surface area contributed by atoms with Crippen LogP contribution in [0.15, 0.2) is 0 Å². The molecule has 0 spiro atoms. The van der Waals surface area contributed by atoms with Crippen LogP contribution in [0, 0.1) is 11.3 Å². The van der Waals surface area contributed by atoms with E-state index in [4.69, 9.17) is 0 Å². The van der Waals surface area contributed by atoms with Gasteiger partial charge in [0.15, 0.2) is 0 Å². The van der Waals surface area contributed by atoms with Crippen molar-refractivity contribution >= 4 is 0 Å². The fourth-order valence-corrected chi connectivity index (χ4v) is 1.80. The molecule has 1 aliphatic heterocycles. The first-order valence-corrected chi connectivity index (χ1v) is 5.72. The maximum Gasteiger partial charge on any atom is 0.00120 e. The molecule has 0 unspecified atom stereocenters. The van der Waals surface area contributed by atoms with Gasteiger partial charge in [-0.05, 0) is 37.3 Å². The molecule has 78 valence electrons. The SMILES string of the molecule is C[C@H](CN1CCCCC1)C(C)(C)C. The smallest absolute Gasteiger partial charge is 0.00120 e. The van der Waals surface area contributed by atoms with Gasteiger partial charge in [-0.2, -0.15) is 0 Å². The summed E-state index contributed by atoms with van der Waals surface area (Å²) in [6.07, 6.45) is 4.27. The zero-order valence-electron chi connectivity index (χ0n) is 9.77. The number of hydrogen-bond acceptors (Lipinski definition) is 1. The van der Waals surface area contributed by atoms with Gasteiger partial charge >= 0.3 is 0 Å². The van der Waals surface area contributed by atoms with Gasteiger partial charge < -0.3 is 4.90 Å². The fraction of sp³-hybridized carbons (Fsp3) is 1.00. The van der Waals surface area contributed by atoms with Crippen LogP contribution in [0.4, 0.5) is 0 Å². The number of likely N-dealkylation sites (tertiary alicyclic amines) is 1.